The van der Waals surface area contributed by atoms with E-state index in [1.165, 1.54) is 46.8 Å². The first-order valence-corrected chi connectivity index (χ1v) is 7.36. The van der Waals surface area contributed by atoms with Gasteiger partial charge < -0.3 is 9.73 Å². The Labute approximate surface area is 111 Å². The van der Waals surface area contributed by atoms with Gasteiger partial charge in [0, 0.05) is 23.5 Å². The van der Waals surface area contributed by atoms with E-state index >= 15 is 0 Å². The second kappa shape index (κ2) is 5.24. The highest BCUT2D eigenvalue weighted by Gasteiger charge is 2.14. The van der Waals surface area contributed by atoms with Crippen LogP contribution in [0.5, 0.6) is 0 Å². The third kappa shape index (κ3) is 2.49. The first-order valence-electron chi connectivity index (χ1n) is 6.54. The maximum absolute atomic E-state index is 5.28. The highest BCUT2D eigenvalue weighted by molar-refractivity contribution is 7.11. The molecule has 0 saturated carbocycles. The van der Waals surface area contributed by atoms with Crippen molar-refractivity contribution in [2.45, 2.75) is 45.7 Å². The van der Waals surface area contributed by atoms with Crippen molar-refractivity contribution in [1.29, 1.82) is 0 Å². The molecule has 18 heavy (non-hydrogen) atoms. The van der Waals surface area contributed by atoms with Gasteiger partial charge in [-0.25, -0.2) is 4.98 Å². The zero-order chi connectivity index (χ0) is 12.4. The predicted octanol–water partition coefficient (Wildman–Crippen LogP) is 3.21. The molecule has 0 aliphatic heterocycles. The van der Waals surface area contributed by atoms with Crippen molar-refractivity contribution in [3.8, 4) is 0 Å². The summed E-state index contributed by atoms with van der Waals surface area (Å²) in [5, 5.41) is 4.67. The Hall–Kier alpha value is -1.13. The molecule has 2 aromatic rings. The largest absolute Gasteiger partial charge is 0.469 e. The van der Waals surface area contributed by atoms with Crippen LogP contribution in [0.1, 0.15) is 39.7 Å². The fraction of sp³-hybridized carbons (Fsp3) is 0.500. The maximum atomic E-state index is 5.28. The average Bonchev–Trinajstić information content (AvgIpc) is 2.96. The van der Waals surface area contributed by atoms with Gasteiger partial charge in [-0.2, -0.15) is 0 Å². The van der Waals surface area contributed by atoms with Gasteiger partial charge in [0.15, 0.2) is 0 Å². The number of nitrogens with zero attached hydrogens (tertiary/aromatic N) is 1. The Kier molecular flexibility index (Phi) is 3.48. The SMILES string of the molecule is Cc1occc1CNCc1nc2c(s1)CCCC2. The van der Waals surface area contributed by atoms with Gasteiger partial charge in [0.2, 0.25) is 0 Å². The van der Waals surface area contributed by atoms with Crippen LogP contribution in [0.25, 0.3) is 0 Å². The number of rotatable bonds is 4. The highest BCUT2D eigenvalue weighted by Crippen LogP contribution is 2.26. The van der Waals surface area contributed by atoms with E-state index in [1.54, 1.807) is 6.26 Å². The molecule has 3 nitrogen and oxygen atoms in total. The summed E-state index contributed by atoms with van der Waals surface area (Å²) in [6, 6.07) is 2.02. The zero-order valence-corrected chi connectivity index (χ0v) is 11.5. The molecule has 0 saturated heterocycles. The first kappa shape index (κ1) is 11.9. The number of nitrogens with one attached hydrogen (secondary N) is 1. The normalized spacial score (nSPS) is 14.7. The molecule has 2 heterocycles. The quantitative estimate of drug-likeness (QED) is 0.919. The van der Waals surface area contributed by atoms with Crippen molar-refractivity contribution in [3.63, 3.8) is 0 Å². The van der Waals surface area contributed by atoms with Crippen LogP contribution >= 0.6 is 11.3 Å². The second-order valence-corrected chi connectivity index (χ2v) is 5.96. The summed E-state index contributed by atoms with van der Waals surface area (Å²) in [4.78, 5) is 6.24. The van der Waals surface area contributed by atoms with Crippen molar-refractivity contribution in [3.05, 3.63) is 39.2 Å². The summed E-state index contributed by atoms with van der Waals surface area (Å²) in [5.74, 6) is 1.00. The van der Waals surface area contributed by atoms with Gasteiger partial charge in [-0.15, -0.1) is 11.3 Å². The van der Waals surface area contributed by atoms with Gasteiger partial charge in [0.1, 0.15) is 10.8 Å². The Morgan fingerprint density at radius 3 is 3.00 bits per heavy atom. The number of fused-ring (bicyclic) bond motifs is 1. The Bertz CT molecular complexity index is 506. The molecule has 0 fully saturated rings. The van der Waals surface area contributed by atoms with E-state index in [0.29, 0.717) is 0 Å². The molecule has 0 unspecified atom stereocenters. The summed E-state index contributed by atoms with van der Waals surface area (Å²) in [5.41, 5.74) is 2.58. The monoisotopic (exact) mass is 262 g/mol. The molecule has 3 rings (SSSR count). The van der Waals surface area contributed by atoms with Crippen molar-refractivity contribution >= 4 is 11.3 Å². The van der Waals surface area contributed by atoms with Crippen LogP contribution in [-0.4, -0.2) is 4.98 Å². The van der Waals surface area contributed by atoms with Gasteiger partial charge in [-0.1, -0.05) is 0 Å². The van der Waals surface area contributed by atoms with Gasteiger partial charge >= 0.3 is 0 Å². The number of aromatic nitrogens is 1. The van der Waals surface area contributed by atoms with Crippen LogP contribution in [0.15, 0.2) is 16.7 Å². The molecule has 0 amide bonds. The smallest absolute Gasteiger partial charge is 0.107 e. The molecule has 96 valence electrons. The highest BCUT2D eigenvalue weighted by atomic mass is 32.1. The van der Waals surface area contributed by atoms with Crippen molar-refractivity contribution in [2.75, 3.05) is 0 Å². The summed E-state index contributed by atoms with van der Waals surface area (Å²) < 4.78 is 5.28. The standard InChI is InChI=1S/C14H18N2OS/c1-10-11(6-7-17-10)8-15-9-14-16-12-4-2-3-5-13(12)18-14/h6-7,15H,2-5,8-9H2,1H3. The number of aryl methyl sites for hydroxylation is 3. The summed E-state index contributed by atoms with van der Waals surface area (Å²) >= 11 is 1.88. The summed E-state index contributed by atoms with van der Waals surface area (Å²) in [6.07, 6.45) is 6.78. The van der Waals surface area contributed by atoms with E-state index in [2.05, 4.69) is 5.32 Å². The van der Waals surface area contributed by atoms with Gasteiger partial charge in [-0.05, 0) is 38.7 Å². The van der Waals surface area contributed by atoms with E-state index in [4.69, 9.17) is 9.40 Å². The van der Waals surface area contributed by atoms with Gasteiger partial charge in [0.05, 0.1) is 12.0 Å². The number of hydrogen-bond donors (Lipinski definition) is 1. The van der Waals surface area contributed by atoms with E-state index in [-0.39, 0.29) is 0 Å². The summed E-state index contributed by atoms with van der Waals surface area (Å²) in [6.45, 7) is 3.72. The predicted molar refractivity (Wildman–Crippen MR) is 72.7 cm³/mol. The average molecular weight is 262 g/mol. The maximum Gasteiger partial charge on any atom is 0.107 e. The van der Waals surface area contributed by atoms with Crippen LogP contribution < -0.4 is 5.32 Å². The number of hydrogen-bond acceptors (Lipinski definition) is 4. The van der Waals surface area contributed by atoms with Crippen LogP contribution in [0.2, 0.25) is 0 Å². The zero-order valence-electron chi connectivity index (χ0n) is 10.7. The van der Waals surface area contributed by atoms with E-state index in [9.17, 15) is 0 Å². The van der Waals surface area contributed by atoms with Crippen molar-refractivity contribution < 1.29 is 4.42 Å². The molecule has 0 aromatic carbocycles. The molecule has 1 N–H and O–H groups in total. The lowest BCUT2D eigenvalue weighted by molar-refractivity contribution is 0.526. The van der Waals surface area contributed by atoms with Gasteiger partial charge in [0.25, 0.3) is 0 Å². The molecule has 0 spiro atoms. The Balaban J connectivity index is 1.57. The van der Waals surface area contributed by atoms with Crippen molar-refractivity contribution in [2.24, 2.45) is 0 Å². The molecule has 2 aromatic heterocycles. The molecule has 1 aliphatic rings. The van der Waals surface area contributed by atoms with Crippen LogP contribution in [0.3, 0.4) is 0 Å². The first-order chi connectivity index (χ1) is 8.83. The molecular formula is C14H18N2OS. The van der Waals surface area contributed by atoms with Crippen LogP contribution in [0.4, 0.5) is 0 Å². The lowest BCUT2D eigenvalue weighted by atomic mass is 10.0. The molecule has 0 bridgehead atoms. The lowest BCUT2D eigenvalue weighted by Crippen LogP contribution is -2.12. The fourth-order valence-corrected chi connectivity index (χ4v) is 3.51. The third-order valence-electron chi connectivity index (χ3n) is 3.45. The second-order valence-electron chi connectivity index (χ2n) is 4.79. The fourth-order valence-electron chi connectivity index (χ4n) is 2.38. The lowest BCUT2D eigenvalue weighted by Gasteiger charge is -2.06. The van der Waals surface area contributed by atoms with Crippen molar-refractivity contribution in [1.82, 2.24) is 10.3 Å². The number of furan rings is 1. The number of thiazole rings is 1. The molecule has 0 atom stereocenters. The van der Waals surface area contributed by atoms with Crippen LogP contribution in [-0.2, 0) is 25.9 Å². The molecule has 0 radical (unpaired) electrons. The Morgan fingerprint density at radius 1 is 1.33 bits per heavy atom. The van der Waals surface area contributed by atoms with Crippen LogP contribution in [0, 0.1) is 6.92 Å². The van der Waals surface area contributed by atoms with E-state index in [1.807, 2.05) is 24.3 Å². The Morgan fingerprint density at radius 2 is 2.22 bits per heavy atom. The minimum atomic E-state index is 0.854. The minimum absolute atomic E-state index is 0.854. The molecule has 1 aliphatic carbocycles. The molecule has 4 heteroatoms. The third-order valence-corrected chi connectivity index (χ3v) is 4.61. The van der Waals surface area contributed by atoms with Gasteiger partial charge in [-0.3, -0.25) is 0 Å². The van der Waals surface area contributed by atoms with E-state index in [0.717, 1.165) is 18.8 Å². The topological polar surface area (TPSA) is 38.1 Å². The molecular weight excluding hydrogens is 244 g/mol. The minimum Gasteiger partial charge on any atom is -0.469 e. The van der Waals surface area contributed by atoms with E-state index < -0.39 is 0 Å². The summed E-state index contributed by atoms with van der Waals surface area (Å²) in [7, 11) is 0.